The number of sulfonamides is 1. The molecule has 1 rings (SSSR count). The van der Waals surface area contributed by atoms with Gasteiger partial charge in [-0.3, -0.25) is 9.82 Å². The van der Waals surface area contributed by atoms with Crippen molar-refractivity contribution in [1.29, 1.82) is 0 Å². The second-order valence-corrected chi connectivity index (χ2v) is 4.00. The van der Waals surface area contributed by atoms with Crippen molar-refractivity contribution in [2.24, 2.45) is 0 Å². The summed E-state index contributed by atoms with van der Waals surface area (Å²) in [5.74, 6) is -0.718. The fourth-order valence-electron chi connectivity index (χ4n) is 0.724. The molecule has 0 aromatic carbocycles. The highest BCUT2D eigenvalue weighted by molar-refractivity contribution is 7.89. The molecule has 0 radical (unpaired) electrons. The van der Waals surface area contributed by atoms with Crippen molar-refractivity contribution in [2.45, 2.75) is 11.8 Å². The van der Waals surface area contributed by atoms with Crippen LogP contribution in [0.2, 0.25) is 0 Å². The zero-order valence-electron chi connectivity index (χ0n) is 7.40. The second-order valence-electron chi connectivity index (χ2n) is 2.36. The minimum Gasteiger partial charge on any atom is -0.287 e. The van der Waals surface area contributed by atoms with Crippen LogP contribution in [0.5, 0.6) is 0 Å². The zero-order chi connectivity index (χ0) is 10.6. The molecule has 0 amide bonds. The molecule has 7 heteroatoms. The number of rotatable bonds is 4. The maximum absolute atomic E-state index is 12.6. The number of nitrogens with zero attached hydrogens (tertiary/aromatic N) is 1. The lowest BCUT2D eigenvalue weighted by atomic mass is 10.5. The van der Waals surface area contributed by atoms with Crippen LogP contribution in [0.1, 0.15) is 6.92 Å². The van der Waals surface area contributed by atoms with E-state index < -0.39 is 15.8 Å². The van der Waals surface area contributed by atoms with E-state index in [1.54, 1.807) is 6.92 Å². The molecule has 0 fully saturated rings. The van der Waals surface area contributed by atoms with Crippen LogP contribution < -0.4 is 4.89 Å². The third-order valence-electron chi connectivity index (χ3n) is 1.30. The van der Waals surface area contributed by atoms with Crippen molar-refractivity contribution >= 4 is 10.0 Å². The van der Waals surface area contributed by atoms with E-state index in [0.29, 0.717) is 0 Å². The molecule has 1 aromatic heterocycles. The first kappa shape index (κ1) is 11.0. The molecule has 0 aliphatic heterocycles. The SMILES string of the molecule is CCONS(=O)(=O)c1cncc(F)c1. The molecule has 1 aromatic rings. The molecular formula is C7H9FN2O3S. The number of nitrogens with one attached hydrogen (secondary N) is 1. The van der Waals surface area contributed by atoms with E-state index in [1.807, 2.05) is 4.89 Å². The van der Waals surface area contributed by atoms with E-state index in [9.17, 15) is 12.8 Å². The van der Waals surface area contributed by atoms with Crippen LogP contribution in [0.3, 0.4) is 0 Å². The standard InChI is InChI=1S/C7H9FN2O3S/c1-2-13-10-14(11,12)7-3-6(8)4-9-5-7/h3-5,10H,2H2,1H3. The second kappa shape index (κ2) is 4.45. The molecule has 0 aliphatic carbocycles. The van der Waals surface area contributed by atoms with Crippen molar-refractivity contribution in [1.82, 2.24) is 9.87 Å². The largest absolute Gasteiger partial charge is 0.287 e. The molecule has 0 saturated heterocycles. The Balaban J connectivity index is 2.93. The van der Waals surface area contributed by atoms with Crippen LogP contribution in [-0.2, 0) is 14.9 Å². The molecule has 0 unspecified atom stereocenters. The van der Waals surface area contributed by atoms with Gasteiger partial charge in [0.2, 0.25) is 0 Å². The highest BCUT2D eigenvalue weighted by Crippen LogP contribution is 2.07. The lowest BCUT2D eigenvalue weighted by Gasteiger charge is -2.04. The number of hydrogen-bond donors (Lipinski definition) is 1. The third kappa shape index (κ3) is 2.72. The first-order valence-electron chi connectivity index (χ1n) is 3.80. The minimum absolute atomic E-state index is 0.183. The monoisotopic (exact) mass is 220 g/mol. The predicted octanol–water partition coefficient (Wildman–Crippen LogP) is 0.451. The van der Waals surface area contributed by atoms with Gasteiger partial charge in [-0.05, 0) is 13.0 Å². The maximum Gasteiger partial charge on any atom is 0.264 e. The summed E-state index contributed by atoms with van der Waals surface area (Å²) in [5, 5.41) is 0. The highest BCUT2D eigenvalue weighted by atomic mass is 32.2. The Hall–Kier alpha value is -1.05. The first-order chi connectivity index (χ1) is 6.56. The topological polar surface area (TPSA) is 68.3 Å². The van der Waals surface area contributed by atoms with Crippen molar-refractivity contribution in [3.63, 3.8) is 0 Å². The van der Waals surface area contributed by atoms with Gasteiger partial charge >= 0.3 is 0 Å². The lowest BCUT2D eigenvalue weighted by molar-refractivity contribution is 0.105. The molecule has 0 saturated carbocycles. The van der Waals surface area contributed by atoms with Crippen LogP contribution in [0.25, 0.3) is 0 Å². The number of pyridine rings is 1. The summed E-state index contributed by atoms with van der Waals surface area (Å²) in [4.78, 5) is 9.46. The van der Waals surface area contributed by atoms with E-state index in [0.717, 1.165) is 18.5 Å². The van der Waals surface area contributed by atoms with Crippen molar-refractivity contribution in [3.05, 3.63) is 24.3 Å². The smallest absolute Gasteiger partial charge is 0.264 e. The zero-order valence-corrected chi connectivity index (χ0v) is 8.21. The summed E-state index contributed by atoms with van der Waals surface area (Å²) >= 11 is 0. The normalized spacial score (nSPS) is 11.6. The van der Waals surface area contributed by atoms with Gasteiger partial charge in [0.05, 0.1) is 12.8 Å². The van der Waals surface area contributed by atoms with Crippen LogP contribution >= 0.6 is 0 Å². The molecular weight excluding hydrogens is 211 g/mol. The van der Waals surface area contributed by atoms with E-state index >= 15 is 0 Å². The maximum atomic E-state index is 12.6. The molecule has 1 heterocycles. The Morgan fingerprint density at radius 2 is 2.29 bits per heavy atom. The minimum atomic E-state index is -3.82. The first-order valence-corrected chi connectivity index (χ1v) is 5.28. The average Bonchev–Trinajstić information content (AvgIpc) is 2.15. The number of halogens is 1. The molecule has 0 bridgehead atoms. The molecule has 0 spiro atoms. The fraction of sp³-hybridized carbons (Fsp3) is 0.286. The van der Waals surface area contributed by atoms with E-state index in [2.05, 4.69) is 9.82 Å². The number of aromatic nitrogens is 1. The predicted molar refractivity (Wildman–Crippen MR) is 46.1 cm³/mol. The van der Waals surface area contributed by atoms with Gasteiger partial charge in [-0.1, -0.05) is 4.89 Å². The molecule has 78 valence electrons. The van der Waals surface area contributed by atoms with Crippen LogP contribution in [0.15, 0.2) is 23.4 Å². The van der Waals surface area contributed by atoms with E-state index in [1.165, 1.54) is 0 Å². The van der Waals surface area contributed by atoms with Gasteiger partial charge in [-0.15, -0.1) is 0 Å². The average molecular weight is 220 g/mol. The van der Waals surface area contributed by atoms with Gasteiger partial charge in [0.15, 0.2) is 0 Å². The molecule has 0 atom stereocenters. The quantitative estimate of drug-likeness (QED) is 0.748. The Labute approximate surface area is 80.9 Å². The van der Waals surface area contributed by atoms with Crippen LogP contribution in [0, 0.1) is 5.82 Å². The fourth-order valence-corrected chi connectivity index (χ4v) is 1.56. The van der Waals surface area contributed by atoms with Crippen LogP contribution in [-0.4, -0.2) is 20.0 Å². The van der Waals surface area contributed by atoms with Gasteiger partial charge in [0.25, 0.3) is 10.0 Å². The van der Waals surface area contributed by atoms with E-state index in [-0.39, 0.29) is 11.5 Å². The van der Waals surface area contributed by atoms with Gasteiger partial charge in [0.1, 0.15) is 10.7 Å². The highest BCUT2D eigenvalue weighted by Gasteiger charge is 2.14. The van der Waals surface area contributed by atoms with Gasteiger partial charge in [-0.25, -0.2) is 12.8 Å². The summed E-state index contributed by atoms with van der Waals surface area (Å²) < 4.78 is 35.2. The lowest BCUT2D eigenvalue weighted by Crippen LogP contribution is -2.24. The molecule has 5 nitrogen and oxygen atoms in total. The Kier molecular flexibility index (Phi) is 3.50. The van der Waals surface area contributed by atoms with Crippen molar-refractivity contribution < 1.29 is 17.6 Å². The van der Waals surface area contributed by atoms with Gasteiger partial charge in [-0.2, -0.15) is 0 Å². The summed E-state index contributed by atoms with van der Waals surface area (Å²) in [6, 6.07) is 0.856. The molecule has 1 N–H and O–H groups in total. The summed E-state index contributed by atoms with van der Waals surface area (Å²) in [5.41, 5.74) is 0. The molecule has 14 heavy (non-hydrogen) atoms. The summed E-state index contributed by atoms with van der Waals surface area (Å²) in [6.07, 6.45) is 1.95. The summed E-state index contributed by atoms with van der Waals surface area (Å²) in [6.45, 7) is 1.80. The molecule has 0 aliphatic rings. The number of hydrogen-bond acceptors (Lipinski definition) is 4. The third-order valence-corrected chi connectivity index (χ3v) is 2.48. The van der Waals surface area contributed by atoms with Crippen LogP contribution in [0.4, 0.5) is 4.39 Å². The summed E-state index contributed by atoms with van der Waals surface area (Å²) in [7, 11) is -3.82. The Morgan fingerprint density at radius 1 is 1.57 bits per heavy atom. The Bertz CT molecular complexity index is 407. The van der Waals surface area contributed by atoms with Gasteiger partial charge < -0.3 is 0 Å². The van der Waals surface area contributed by atoms with Crippen molar-refractivity contribution in [2.75, 3.05) is 6.61 Å². The van der Waals surface area contributed by atoms with E-state index in [4.69, 9.17) is 0 Å². The Morgan fingerprint density at radius 3 is 2.86 bits per heavy atom. The van der Waals surface area contributed by atoms with Crippen molar-refractivity contribution in [3.8, 4) is 0 Å². The van der Waals surface area contributed by atoms with Gasteiger partial charge in [0, 0.05) is 6.20 Å².